The smallest absolute Gasteiger partial charge is 0.288 e. The zero-order valence-corrected chi connectivity index (χ0v) is 47.2. The van der Waals surface area contributed by atoms with Crippen molar-refractivity contribution in [2.45, 2.75) is 212 Å². The normalized spacial score (nSPS) is 39.2. The number of fused-ring (bicyclic) bond motifs is 2. The molecule has 1 aromatic rings. The summed E-state index contributed by atoms with van der Waals surface area (Å²) in [5.74, 6) is -5.01. The van der Waals surface area contributed by atoms with Crippen LogP contribution in [0.15, 0.2) is 35.3 Å². The van der Waals surface area contributed by atoms with Crippen LogP contribution in [0.5, 0.6) is 0 Å². The van der Waals surface area contributed by atoms with Gasteiger partial charge in [0.2, 0.25) is 29.5 Å². The lowest BCUT2D eigenvalue weighted by molar-refractivity contribution is -0.287. The molecule has 0 aromatic heterocycles. The van der Waals surface area contributed by atoms with E-state index in [0.29, 0.717) is 44.7 Å². The van der Waals surface area contributed by atoms with Crippen LogP contribution in [0.4, 0.5) is 0 Å². The minimum Gasteiger partial charge on any atom is -0.454 e. The van der Waals surface area contributed by atoms with Crippen molar-refractivity contribution in [2.24, 2.45) is 34.6 Å². The van der Waals surface area contributed by atoms with Crippen LogP contribution < -0.4 is 16.0 Å². The Hall–Kier alpha value is -4.40. The van der Waals surface area contributed by atoms with E-state index in [1.54, 1.807) is 44.7 Å². The third-order valence-electron chi connectivity index (χ3n) is 16.9. The molecule has 0 saturated carbocycles. The summed E-state index contributed by atoms with van der Waals surface area (Å²) in [6.07, 6.45) is -1.90. The van der Waals surface area contributed by atoms with Crippen LogP contribution in [0, 0.1) is 29.6 Å². The fourth-order valence-electron chi connectivity index (χ4n) is 12.5. The number of aliphatic hydroxyl groups excluding tert-OH is 1. The fraction of sp³-hybridized carbons (Fsp3) is 0.786. The van der Waals surface area contributed by atoms with Crippen molar-refractivity contribution >= 4 is 35.6 Å². The van der Waals surface area contributed by atoms with Gasteiger partial charge in [0.25, 0.3) is 6.02 Å². The van der Waals surface area contributed by atoms with Crippen molar-refractivity contribution in [2.75, 3.05) is 40.8 Å². The first kappa shape index (κ1) is 59.8. The molecule has 18 atom stereocenters. The van der Waals surface area contributed by atoms with Gasteiger partial charge in [0.05, 0.1) is 48.2 Å². The number of amides is 5. The summed E-state index contributed by atoms with van der Waals surface area (Å²) in [6.45, 7) is 20.9. The SMILES string of the molecule is CC[C@H](C)C1NC(=O)[C@H](C)[C@@H](C[C@H]2C[C@@](C)(OC)[C@@H](O)[C@H](C)O2)[C@H](C)[C@@H](O[C@@H]2O[C@H](C)C[C@H]3[C@H]2O/C(=N/C(C)C)N3C)[C@](C)(O)C[C@@H](C)CN(C)C(=O)[C@@H]2CCCN2C(=O)[C@H](Cc2ccccc2)NC(=O)CNC1=O. The fourth-order valence-corrected chi connectivity index (χ4v) is 12.5. The van der Waals surface area contributed by atoms with E-state index < -0.39 is 114 Å². The highest BCUT2D eigenvalue weighted by molar-refractivity contribution is 5.95. The molecular weight excluding hydrogens is 963 g/mol. The molecule has 0 spiro atoms. The minimum atomic E-state index is -1.64. The van der Waals surface area contributed by atoms with E-state index in [1.165, 1.54) is 0 Å². The summed E-state index contributed by atoms with van der Waals surface area (Å²) in [4.78, 5) is 82.2. The Bertz CT molecular complexity index is 2150. The lowest BCUT2D eigenvalue weighted by Crippen LogP contribution is -2.59. The molecule has 19 heteroatoms. The molecule has 5 aliphatic rings. The number of amidine groups is 1. The monoisotopic (exact) mass is 1050 g/mol. The molecule has 5 heterocycles. The maximum atomic E-state index is 15.1. The maximum absolute atomic E-state index is 15.1. The lowest BCUT2D eigenvalue weighted by atomic mass is 9.70. The summed E-state index contributed by atoms with van der Waals surface area (Å²) >= 11 is 0. The van der Waals surface area contributed by atoms with Gasteiger partial charge < -0.3 is 64.5 Å². The van der Waals surface area contributed by atoms with Crippen molar-refractivity contribution in [1.82, 2.24) is 30.7 Å². The molecule has 0 aliphatic carbocycles. The van der Waals surface area contributed by atoms with E-state index in [-0.39, 0.29) is 61.7 Å². The van der Waals surface area contributed by atoms with Crippen molar-refractivity contribution in [3.8, 4) is 0 Å². The summed E-state index contributed by atoms with van der Waals surface area (Å²) in [7, 11) is 5.21. The summed E-state index contributed by atoms with van der Waals surface area (Å²) in [5.41, 5.74) is -1.80. The van der Waals surface area contributed by atoms with Crippen LogP contribution in [0.1, 0.15) is 127 Å². The molecule has 1 aromatic carbocycles. The standard InChI is InChI=1S/C56H91N7O12/c1-15-33(5)45-50(67)57-29-44(64)59-41(25-38-20-17-16-18-21-38)51(68)63-23-19-22-42(63)52(69)61(12)30-32(4)27-55(10,70)48(75-53-46-43(24-34(6)72-53)62(13)54(74-46)58-31(2)3)35(7)40(36(8)49(66)60-45)26-39-28-56(11,71-14)47(65)37(9)73-39/h16-18,20-21,31-37,39-43,45-48,53,65,70H,15,19,22-30H2,1-14H3,(H,57,67)(H,59,64)(H,60,66)/b58-54+/t32-,33+,34-,35+,36-,37+,39+,40+,41+,42+,43+,45?,46-,47+,48-,53+,55-,56-/m1/s1. The number of hydrogen-bond donors (Lipinski definition) is 5. The zero-order chi connectivity index (χ0) is 55.3. The van der Waals surface area contributed by atoms with Gasteiger partial charge >= 0.3 is 0 Å². The van der Waals surface area contributed by atoms with Gasteiger partial charge in [0, 0.05) is 59.1 Å². The number of aliphatic hydroxyl groups is 2. The molecule has 5 amide bonds. The highest BCUT2D eigenvalue weighted by atomic mass is 16.7. The highest BCUT2D eigenvalue weighted by Crippen LogP contribution is 2.43. The first-order chi connectivity index (χ1) is 35.3. The second-order valence-electron chi connectivity index (χ2n) is 23.5. The van der Waals surface area contributed by atoms with Gasteiger partial charge in [-0.1, -0.05) is 71.4 Å². The molecule has 5 saturated heterocycles. The van der Waals surface area contributed by atoms with E-state index in [2.05, 4.69) is 16.0 Å². The van der Waals surface area contributed by atoms with E-state index in [9.17, 15) is 29.4 Å². The molecule has 5 fully saturated rings. The average Bonchev–Trinajstić information content (AvgIpc) is 3.97. The van der Waals surface area contributed by atoms with E-state index in [1.807, 2.05) is 97.7 Å². The Morgan fingerprint density at radius 1 is 0.933 bits per heavy atom. The molecule has 5 aliphatic heterocycles. The number of hydrogen-bond acceptors (Lipinski definition) is 13. The number of carbonyl (C=O) groups is 5. The number of benzene rings is 1. The van der Waals surface area contributed by atoms with E-state index >= 15 is 4.79 Å². The Kier molecular flexibility index (Phi) is 20.2. The van der Waals surface area contributed by atoms with Gasteiger partial charge in [-0.15, -0.1) is 0 Å². The molecule has 0 bridgehead atoms. The lowest BCUT2D eigenvalue weighted by Gasteiger charge is -2.48. The average molecular weight is 1050 g/mol. The highest BCUT2D eigenvalue weighted by Gasteiger charge is 2.54. The van der Waals surface area contributed by atoms with Crippen molar-refractivity contribution < 1.29 is 57.9 Å². The van der Waals surface area contributed by atoms with Crippen molar-refractivity contribution in [1.29, 1.82) is 0 Å². The van der Waals surface area contributed by atoms with Gasteiger partial charge in [-0.3, -0.25) is 24.0 Å². The first-order valence-corrected chi connectivity index (χ1v) is 27.6. The molecule has 19 nitrogen and oxygen atoms in total. The second kappa shape index (κ2) is 25.4. The number of ether oxygens (including phenoxy) is 5. The topological polar surface area (TPSA) is 230 Å². The third kappa shape index (κ3) is 14.2. The predicted molar refractivity (Wildman–Crippen MR) is 283 cm³/mol. The number of methoxy groups -OCH3 is 1. The van der Waals surface area contributed by atoms with Crippen LogP contribution in [-0.2, 0) is 54.1 Å². The predicted octanol–water partition coefficient (Wildman–Crippen LogP) is 3.81. The van der Waals surface area contributed by atoms with Gasteiger partial charge in [0.15, 0.2) is 12.4 Å². The van der Waals surface area contributed by atoms with Crippen molar-refractivity contribution in [3.63, 3.8) is 0 Å². The van der Waals surface area contributed by atoms with Crippen molar-refractivity contribution in [3.05, 3.63) is 35.9 Å². The van der Waals surface area contributed by atoms with Gasteiger partial charge in [-0.2, -0.15) is 0 Å². The number of aliphatic imine (C=N–C) groups is 1. The molecule has 5 N–H and O–H groups in total. The minimum absolute atomic E-state index is 0.0458. The van der Waals surface area contributed by atoms with Gasteiger partial charge in [0.1, 0.15) is 24.2 Å². The van der Waals surface area contributed by atoms with Gasteiger partial charge in [-0.05, 0) is 103 Å². The number of carbonyl (C=O) groups excluding carboxylic acids is 5. The Morgan fingerprint density at radius 2 is 1.63 bits per heavy atom. The summed E-state index contributed by atoms with van der Waals surface area (Å²) in [6, 6.07) is 6.69. The van der Waals surface area contributed by atoms with E-state index in [4.69, 9.17) is 28.7 Å². The van der Waals surface area contributed by atoms with Gasteiger partial charge in [-0.25, -0.2) is 4.99 Å². The Balaban J connectivity index is 1.43. The van der Waals surface area contributed by atoms with Crippen LogP contribution in [0.25, 0.3) is 0 Å². The van der Waals surface area contributed by atoms with E-state index in [0.717, 1.165) is 5.56 Å². The molecule has 6 rings (SSSR count). The molecule has 1 unspecified atom stereocenters. The van der Waals surface area contributed by atoms with Crippen LogP contribution in [0.2, 0.25) is 0 Å². The first-order valence-electron chi connectivity index (χ1n) is 27.6. The molecular formula is C56H91N7O12. The summed E-state index contributed by atoms with van der Waals surface area (Å²) < 4.78 is 32.9. The quantitative estimate of drug-likeness (QED) is 0.225. The Morgan fingerprint density at radius 3 is 2.28 bits per heavy atom. The largest absolute Gasteiger partial charge is 0.454 e. The van der Waals surface area contributed by atoms with Crippen LogP contribution in [-0.4, -0.2) is 186 Å². The molecule has 0 radical (unpaired) electrons. The Labute approximate surface area is 445 Å². The number of nitrogens with one attached hydrogen (secondary N) is 3. The number of nitrogens with zero attached hydrogens (tertiary/aromatic N) is 4. The molecule has 422 valence electrons. The number of rotatable bonds is 10. The molecule has 75 heavy (non-hydrogen) atoms. The summed E-state index contributed by atoms with van der Waals surface area (Å²) in [5, 5.41) is 33.2. The third-order valence-corrected chi connectivity index (χ3v) is 16.9. The number of likely N-dealkylation sites (N-methyl/N-ethyl adjacent to an activating group) is 2. The van der Waals surface area contributed by atoms with Crippen LogP contribution >= 0.6 is 0 Å². The second-order valence-corrected chi connectivity index (χ2v) is 23.5. The van der Waals surface area contributed by atoms with Crippen LogP contribution in [0.3, 0.4) is 0 Å². The zero-order valence-electron chi connectivity index (χ0n) is 47.2. The maximum Gasteiger partial charge on any atom is 0.288 e.